The van der Waals surface area contributed by atoms with Crippen LogP contribution in [0.25, 0.3) is 22.0 Å². The van der Waals surface area contributed by atoms with Crippen molar-refractivity contribution in [3.63, 3.8) is 0 Å². The Balaban J connectivity index is 1.80. The van der Waals surface area contributed by atoms with Gasteiger partial charge in [0.2, 0.25) is 10.0 Å². The predicted molar refractivity (Wildman–Crippen MR) is 96.7 cm³/mol. The second kappa shape index (κ2) is 6.03. The zero-order valence-electron chi connectivity index (χ0n) is 14.0. The smallest absolute Gasteiger partial charge is 0.241 e. The fraction of sp³-hybridized carbons (Fsp3) is 0.211. The van der Waals surface area contributed by atoms with Gasteiger partial charge in [-0.25, -0.2) is 17.5 Å². The second-order valence-corrected chi connectivity index (χ2v) is 8.24. The number of hydrogen-bond acceptors (Lipinski definition) is 3. The van der Waals surface area contributed by atoms with Gasteiger partial charge in [0.15, 0.2) is 0 Å². The van der Waals surface area contributed by atoms with E-state index in [0.29, 0.717) is 23.9 Å². The molecule has 0 radical (unpaired) electrons. The first-order valence-corrected chi connectivity index (χ1v) is 9.76. The molecule has 1 aromatic heterocycles. The summed E-state index contributed by atoms with van der Waals surface area (Å²) in [7, 11) is -3.56. The van der Waals surface area contributed by atoms with E-state index in [0.717, 1.165) is 16.5 Å². The van der Waals surface area contributed by atoms with E-state index >= 15 is 0 Å². The van der Waals surface area contributed by atoms with Gasteiger partial charge in [-0.15, -0.1) is 0 Å². The number of hydrogen-bond donors (Lipinski definition) is 2. The molecule has 0 fully saturated rings. The maximum atomic E-state index is 13.4. The Hall–Kier alpha value is -2.51. The Morgan fingerprint density at radius 1 is 1.19 bits per heavy atom. The quantitative estimate of drug-likeness (QED) is 0.733. The summed E-state index contributed by atoms with van der Waals surface area (Å²) < 4.78 is 40.6. The third kappa shape index (κ3) is 2.83. The van der Waals surface area contributed by atoms with Crippen LogP contribution >= 0.6 is 0 Å². The molecule has 3 aromatic rings. The minimum Gasteiger partial charge on any atom is -0.360 e. The lowest BCUT2D eigenvalue weighted by atomic mass is 9.97. The molecule has 0 bridgehead atoms. The molecule has 0 saturated carbocycles. The standard InChI is InChI=1S/C19H17FN2O3S/c1-11(23)2-6-17-15-8-12(3-7-19(15)26(24,25)22-17)16-10-21-18-9-13(20)4-5-14(16)18/h3-5,7-10,17,21-22H,2,6H2,1H3. The number of rotatable bonds is 4. The lowest BCUT2D eigenvalue weighted by Crippen LogP contribution is -2.20. The highest BCUT2D eigenvalue weighted by atomic mass is 32.2. The Bertz CT molecular complexity index is 1130. The Morgan fingerprint density at radius 3 is 2.77 bits per heavy atom. The van der Waals surface area contributed by atoms with E-state index in [9.17, 15) is 17.6 Å². The third-order valence-electron chi connectivity index (χ3n) is 4.71. The molecule has 1 atom stereocenters. The number of H-pyrrole nitrogens is 1. The first-order valence-electron chi connectivity index (χ1n) is 8.28. The van der Waals surface area contributed by atoms with Crippen LogP contribution < -0.4 is 4.72 Å². The normalized spacial score (nSPS) is 18.2. The number of nitrogens with one attached hydrogen (secondary N) is 2. The molecule has 0 spiro atoms. The van der Waals surface area contributed by atoms with Gasteiger partial charge in [0.25, 0.3) is 0 Å². The van der Waals surface area contributed by atoms with Crippen LogP contribution in [0.3, 0.4) is 0 Å². The van der Waals surface area contributed by atoms with E-state index < -0.39 is 16.1 Å². The van der Waals surface area contributed by atoms with Crippen molar-refractivity contribution < 1.29 is 17.6 Å². The molecule has 5 nitrogen and oxygen atoms in total. The van der Waals surface area contributed by atoms with E-state index in [2.05, 4.69) is 9.71 Å². The van der Waals surface area contributed by atoms with Gasteiger partial charge >= 0.3 is 0 Å². The van der Waals surface area contributed by atoms with E-state index in [4.69, 9.17) is 0 Å². The lowest BCUT2D eigenvalue weighted by Gasteiger charge is -2.10. The highest BCUT2D eigenvalue weighted by Gasteiger charge is 2.34. The van der Waals surface area contributed by atoms with Crippen LogP contribution in [-0.2, 0) is 14.8 Å². The molecule has 1 aliphatic rings. The maximum Gasteiger partial charge on any atom is 0.241 e. The number of carbonyl (C=O) groups excluding carboxylic acids is 1. The van der Waals surface area contributed by atoms with Crippen LogP contribution in [0.4, 0.5) is 4.39 Å². The number of ketones is 1. The first kappa shape index (κ1) is 16.9. The topological polar surface area (TPSA) is 79.0 Å². The van der Waals surface area contributed by atoms with Gasteiger partial charge in [0.1, 0.15) is 11.6 Å². The molecule has 7 heteroatoms. The number of halogens is 1. The molecular formula is C19H17FN2O3S. The minimum absolute atomic E-state index is 0.0208. The summed E-state index contributed by atoms with van der Waals surface area (Å²) in [6, 6.07) is 9.28. The van der Waals surface area contributed by atoms with Crippen LogP contribution in [0.15, 0.2) is 47.5 Å². The molecular weight excluding hydrogens is 355 g/mol. The highest BCUT2D eigenvalue weighted by Crippen LogP contribution is 2.38. The van der Waals surface area contributed by atoms with E-state index in [-0.39, 0.29) is 16.5 Å². The monoisotopic (exact) mass is 372 g/mol. The van der Waals surface area contributed by atoms with E-state index in [1.54, 1.807) is 24.4 Å². The molecule has 2 heterocycles. The van der Waals surface area contributed by atoms with E-state index in [1.165, 1.54) is 19.1 Å². The van der Waals surface area contributed by atoms with E-state index in [1.807, 2.05) is 6.07 Å². The molecule has 2 aromatic carbocycles. The van der Waals surface area contributed by atoms with Gasteiger partial charge in [0.05, 0.1) is 4.90 Å². The molecule has 134 valence electrons. The van der Waals surface area contributed by atoms with Crippen molar-refractivity contribution in [2.24, 2.45) is 0 Å². The summed E-state index contributed by atoms with van der Waals surface area (Å²) in [6.45, 7) is 1.49. The van der Waals surface area contributed by atoms with Crippen molar-refractivity contribution in [3.8, 4) is 11.1 Å². The molecule has 0 saturated heterocycles. The highest BCUT2D eigenvalue weighted by molar-refractivity contribution is 7.89. The molecule has 2 N–H and O–H groups in total. The Morgan fingerprint density at radius 2 is 2.00 bits per heavy atom. The van der Waals surface area contributed by atoms with Gasteiger partial charge in [0, 0.05) is 35.1 Å². The fourth-order valence-electron chi connectivity index (χ4n) is 3.45. The summed E-state index contributed by atoms with van der Waals surface area (Å²) >= 11 is 0. The fourth-order valence-corrected chi connectivity index (χ4v) is 4.95. The van der Waals surface area contributed by atoms with Crippen molar-refractivity contribution >= 4 is 26.7 Å². The van der Waals surface area contributed by atoms with Crippen molar-refractivity contribution in [1.29, 1.82) is 0 Å². The largest absolute Gasteiger partial charge is 0.360 e. The average Bonchev–Trinajstić information content (AvgIpc) is 3.11. The lowest BCUT2D eigenvalue weighted by molar-refractivity contribution is -0.117. The van der Waals surface area contributed by atoms with Crippen LogP contribution in [0.5, 0.6) is 0 Å². The van der Waals surface area contributed by atoms with Gasteiger partial charge in [-0.3, -0.25) is 0 Å². The average molecular weight is 372 g/mol. The summed E-state index contributed by atoms with van der Waals surface area (Å²) in [5.74, 6) is -0.299. The predicted octanol–water partition coefficient (Wildman–Crippen LogP) is 3.68. The minimum atomic E-state index is -3.56. The van der Waals surface area contributed by atoms with Gasteiger partial charge in [-0.1, -0.05) is 6.07 Å². The van der Waals surface area contributed by atoms with Crippen LogP contribution in [0.1, 0.15) is 31.4 Å². The zero-order chi connectivity index (χ0) is 18.5. The third-order valence-corrected chi connectivity index (χ3v) is 6.26. The number of sulfonamides is 1. The molecule has 4 rings (SSSR count). The molecule has 1 aliphatic heterocycles. The Labute approximate surface area is 150 Å². The van der Waals surface area contributed by atoms with Crippen LogP contribution in [0.2, 0.25) is 0 Å². The summed E-state index contributed by atoms with van der Waals surface area (Å²) in [5, 5.41) is 0.862. The number of fused-ring (bicyclic) bond motifs is 2. The number of Topliss-reactive ketones (excluding diaryl/α,β-unsaturated/α-hetero) is 1. The number of aromatic amines is 1. The summed E-state index contributed by atoms with van der Waals surface area (Å²) in [6.07, 6.45) is 2.51. The van der Waals surface area contributed by atoms with Gasteiger partial charge in [-0.05, 0) is 54.8 Å². The second-order valence-electron chi connectivity index (χ2n) is 6.56. The van der Waals surface area contributed by atoms with Crippen LogP contribution in [-0.4, -0.2) is 19.2 Å². The zero-order valence-corrected chi connectivity index (χ0v) is 14.9. The summed E-state index contributed by atoms with van der Waals surface area (Å²) in [5.41, 5.74) is 3.06. The summed E-state index contributed by atoms with van der Waals surface area (Å²) in [4.78, 5) is 14.6. The SMILES string of the molecule is CC(=O)CCC1NS(=O)(=O)c2ccc(-c3c[nH]c4cc(F)ccc34)cc21. The van der Waals surface area contributed by atoms with Gasteiger partial charge in [-0.2, -0.15) is 0 Å². The van der Waals surface area contributed by atoms with Crippen molar-refractivity contribution in [3.05, 3.63) is 54.0 Å². The first-order chi connectivity index (χ1) is 12.3. The van der Waals surface area contributed by atoms with Crippen molar-refractivity contribution in [1.82, 2.24) is 9.71 Å². The molecule has 1 unspecified atom stereocenters. The number of carbonyl (C=O) groups is 1. The van der Waals surface area contributed by atoms with Crippen molar-refractivity contribution in [2.45, 2.75) is 30.7 Å². The number of benzene rings is 2. The molecule has 0 aliphatic carbocycles. The maximum absolute atomic E-state index is 13.4. The Kier molecular flexibility index (Phi) is 3.93. The van der Waals surface area contributed by atoms with Crippen molar-refractivity contribution in [2.75, 3.05) is 0 Å². The number of aromatic nitrogens is 1. The van der Waals surface area contributed by atoms with Crippen LogP contribution in [0, 0.1) is 5.82 Å². The molecule has 0 amide bonds. The molecule has 26 heavy (non-hydrogen) atoms. The van der Waals surface area contributed by atoms with Gasteiger partial charge < -0.3 is 9.78 Å².